The Morgan fingerprint density at radius 3 is 2.79 bits per heavy atom. The van der Waals surface area contributed by atoms with E-state index >= 15 is 0 Å². The van der Waals surface area contributed by atoms with Crippen molar-refractivity contribution in [3.05, 3.63) is 29.3 Å². The zero-order valence-electron chi connectivity index (χ0n) is 8.66. The first kappa shape index (κ1) is 11.3. The zero-order valence-corrected chi connectivity index (χ0v) is 9.47. The number of nitrogens with two attached hydrogens (primary N) is 1. The summed E-state index contributed by atoms with van der Waals surface area (Å²) in [5, 5.41) is 0. The van der Waals surface area contributed by atoms with Crippen LogP contribution in [-0.2, 0) is 13.0 Å². The van der Waals surface area contributed by atoms with Crippen molar-refractivity contribution in [2.24, 2.45) is 0 Å². The van der Waals surface area contributed by atoms with E-state index in [1.807, 2.05) is 6.07 Å². The van der Waals surface area contributed by atoms with Crippen LogP contribution in [0.5, 0.6) is 0 Å². The minimum absolute atomic E-state index is 0. The van der Waals surface area contributed by atoms with Crippen LogP contribution in [0.4, 0.5) is 5.69 Å². The Bertz CT molecular complexity index is 325. The Kier molecular flexibility index (Phi) is 3.40. The molecule has 0 radical (unpaired) electrons. The molecule has 0 aliphatic carbocycles. The second-order valence-electron chi connectivity index (χ2n) is 4.00. The first-order valence-electron chi connectivity index (χ1n) is 4.74. The van der Waals surface area contributed by atoms with Crippen molar-refractivity contribution in [1.82, 2.24) is 4.90 Å². The molecule has 0 fully saturated rings. The molecule has 0 bridgehead atoms. The van der Waals surface area contributed by atoms with Gasteiger partial charge in [0.05, 0.1) is 0 Å². The Labute approximate surface area is 91.5 Å². The van der Waals surface area contributed by atoms with E-state index in [9.17, 15) is 0 Å². The van der Waals surface area contributed by atoms with Crippen molar-refractivity contribution < 1.29 is 0 Å². The average Bonchev–Trinajstić information content (AvgIpc) is 2.08. The number of fused-ring (bicyclic) bond motifs is 1. The van der Waals surface area contributed by atoms with E-state index in [0.717, 1.165) is 18.7 Å². The van der Waals surface area contributed by atoms with Crippen molar-refractivity contribution in [3.8, 4) is 0 Å². The lowest BCUT2D eigenvalue weighted by Gasteiger charge is -2.31. The van der Waals surface area contributed by atoms with E-state index in [2.05, 4.69) is 31.0 Å². The molecule has 0 saturated heterocycles. The highest BCUT2D eigenvalue weighted by atomic mass is 35.5. The third-order valence-corrected chi connectivity index (χ3v) is 2.92. The third-order valence-electron chi connectivity index (χ3n) is 2.92. The smallest absolute Gasteiger partial charge is 0.0317 e. The molecule has 2 N–H and O–H groups in total. The van der Waals surface area contributed by atoms with Gasteiger partial charge in [0.2, 0.25) is 0 Å². The van der Waals surface area contributed by atoms with Crippen molar-refractivity contribution in [2.45, 2.75) is 25.9 Å². The molecule has 2 rings (SSSR count). The van der Waals surface area contributed by atoms with Gasteiger partial charge in [-0.1, -0.05) is 6.07 Å². The maximum Gasteiger partial charge on any atom is 0.0317 e. The number of nitrogen functional groups attached to an aromatic ring is 1. The van der Waals surface area contributed by atoms with Gasteiger partial charge in [0, 0.05) is 18.3 Å². The predicted molar refractivity (Wildman–Crippen MR) is 62.7 cm³/mol. The zero-order chi connectivity index (χ0) is 9.42. The maximum atomic E-state index is 5.74. The Morgan fingerprint density at radius 1 is 1.36 bits per heavy atom. The molecule has 1 unspecified atom stereocenters. The van der Waals surface area contributed by atoms with Gasteiger partial charge in [-0.15, -0.1) is 12.4 Å². The van der Waals surface area contributed by atoms with Crippen LogP contribution in [0.1, 0.15) is 18.1 Å². The summed E-state index contributed by atoms with van der Waals surface area (Å²) in [6.07, 6.45) is 1.14. The second kappa shape index (κ2) is 4.20. The molecule has 1 aromatic rings. The van der Waals surface area contributed by atoms with Gasteiger partial charge in [-0.05, 0) is 43.7 Å². The lowest BCUT2D eigenvalue weighted by molar-refractivity contribution is 0.231. The van der Waals surface area contributed by atoms with Crippen molar-refractivity contribution in [1.29, 1.82) is 0 Å². The van der Waals surface area contributed by atoms with E-state index in [1.165, 1.54) is 11.1 Å². The number of anilines is 1. The van der Waals surface area contributed by atoms with Gasteiger partial charge < -0.3 is 5.73 Å². The van der Waals surface area contributed by atoms with Crippen LogP contribution in [-0.4, -0.2) is 18.0 Å². The summed E-state index contributed by atoms with van der Waals surface area (Å²) in [6.45, 7) is 3.29. The highest BCUT2D eigenvalue weighted by Crippen LogP contribution is 2.23. The predicted octanol–water partition coefficient (Wildman–Crippen LogP) is 2.07. The third kappa shape index (κ3) is 2.02. The molecule has 0 amide bonds. The van der Waals surface area contributed by atoms with Crippen LogP contribution in [0.2, 0.25) is 0 Å². The summed E-state index contributed by atoms with van der Waals surface area (Å²) in [7, 11) is 2.16. The SMILES string of the molecule is CC1Cc2ccc(N)cc2CN1C.Cl. The molecule has 14 heavy (non-hydrogen) atoms. The molecule has 3 heteroatoms. The quantitative estimate of drug-likeness (QED) is 0.668. The fourth-order valence-corrected chi connectivity index (χ4v) is 1.89. The fourth-order valence-electron chi connectivity index (χ4n) is 1.89. The summed E-state index contributed by atoms with van der Waals surface area (Å²) in [6, 6.07) is 6.90. The first-order chi connectivity index (χ1) is 6.16. The van der Waals surface area contributed by atoms with Gasteiger partial charge in [-0.2, -0.15) is 0 Å². The van der Waals surface area contributed by atoms with Crippen LogP contribution < -0.4 is 5.73 Å². The summed E-state index contributed by atoms with van der Waals surface area (Å²) in [5.41, 5.74) is 9.47. The maximum absolute atomic E-state index is 5.74. The molecular formula is C11H17ClN2. The van der Waals surface area contributed by atoms with Crippen LogP contribution in [0, 0.1) is 0 Å². The lowest BCUT2D eigenvalue weighted by Crippen LogP contribution is -2.34. The largest absolute Gasteiger partial charge is 0.399 e. The number of hydrogen-bond acceptors (Lipinski definition) is 2. The average molecular weight is 213 g/mol. The van der Waals surface area contributed by atoms with Gasteiger partial charge in [0.15, 0.2) is 0 Å². The molecule has 1 heterocycles. The summed E-state index contributed by atoms with van der Waals surface area (Å²) < 4.78 is 0. The lowest BCUT2D eigenvalue weighted by atomic mass is 9.95. The number of benzene rings is 1. The van der Waals surface area contributed by atoms with Gasteiger partial charge in [-0.3, -0.25) is 4.90 Å². The molecule has 78 valence electrons. The summed E-state index contributed by atoms with van der Waals surface area (Å²) in [4.78, 5) is 2.36. The molecular weight excluding hydrogens is 196 g/mol. The van der Waals surface area contributed by atoms with E-state index in [4.69, 9.17) is 5.73 Å². The van der Waals surface area contributed by atoms with Gasteiger partial charge in [0.1, 0.15) is 0 Å². The van der Waals surface area contributed by atoms with Crippen molar-refractivity contribution in [3.63, 3.8) is 0 Å². The van der Waals surface area contributed by atoms with Gasteiger partial charge >= 0.3 is 0 Å². The summed E-state index contributed by atoms with van der Waals surface area (Å²) in [5.74, 6) is 0. The minimum atomic E-state index is 0. The highest BCUT2D eigenvalue weighted by Gasteiger charge is 2.18. The number of hydrogen-bond donors (Lipinski definition) is 1. The van der Waals surface area contributed by atoms with Crippen molar-refractivity contribution in [2.75, 3.05) is 12.8 Å². The number of nitrogens with zero attached hydrogens (tertiary/aromatic N) is 1. The molecule has 1 aromatic carbocycles. The molecule has 1 aliphatic heterocycles. The van der Waals surface area contributed by atoms with Gasteiger partial charge in [0.25, 0.3) is 0 Å². The monoisotopic (exact) mass is 212 g/mol. The van der Waals surface area contributed by atoms with E-state index in [1.54, 1.807) is 0 Å². The Balaban J connectivity index is 0.000000980. The molecule has 0 saturated carbocycles. The van der Waals surface area contributed by atoms with Crippen LogP contribution in [0.15, 0.2) is 18.2 Å². The first-order valence-corrected chi connectivity index (χ1v) is 4.74. The minimum Gasteiger partial charge on any atom is -0.399 e. The Morgan fingerprint density at radius 2 is 2.07 bits per heavy atom. The highest BCUT2D eigenvalue weighted by molar-refractivity contribution is 5.85. The molecule has 0 aromatic heterocycles. The van der Waals surface area contributed by atoms with Crippen LogP contribution >= 0.6 is 12.4 Å². The number of halogens is 1. The summed E-state index contributed by atoms with van der Waals surface area (Å²) >= 11 is 0. The van der Waals surface area contributed by atoms with Crippen LogP contribution in [0.25, 0.3) is 0 Å². The molecule has 2 nitrogen and oxygen atoms in total. The van der Waals surface area contributed by atoms with Crippen molar-refractivity contribution >= 4 is 18.1 Å². The number of rotatable bonds is 0. The number of likely N-dealkylation sites (N-methyl/N-ethyl adjacent to an activating group) is 1. The fraction of sp³-hybridized carbons (Fsp3) is 0.455. The van der Waals surface area contributed by atoms with Gasteiger partial charge in [-0.25, -0.2) is 0 Å². The van der Waals surface area contributed by atoms with Crippen LogP contribution in [0.3, 0.4) is 0 Å². The van der Waals surface area contributed by atoms with E-state index < -0.39 is 0 Å². The Hall–Kier alpha value is -0.730. The molecule has 0 spiro atoms. The van der Waals surface area contributed by atoms with E-state index in [0.29, 0.717) is 6.04 Å². The molecule has 1 atom stereocenters. The standard InChI is InChI=1S/C11H16N2.ClH/c1-8-5-9-3-4-11(12)6-10(9)7-13(8)2;/h3-4,6,8H,5,7,12H2,1-2H3;1H. The molecule has 1 aliphatic rings. The normalized spacial score (nSPS) is 21.1. The second-order valence-corrected chi connectivity index (χ2v) is 4.00. The van der Waals surface area contributed by atoms with E-state index in [-0.39, 0.29) is 12.4 Å². The topological polar surface area (TPSA) is 29.3 Å².